The van der Waals surface area contributed by atoms with E-state index in [1.807, 2.05) is 41.3 Å². The third-order valence-electron chi connectivity index (χ3n) is 5.24. The number of carbonyl (C=O) groups excluding carboxylic acids is 1. The van der Waals surface area contributed by atoms with Crippen molar-refractivity contribution in [3.8, 4) is 0 Å². The van der Waals surface area contributed by atoms with E-state index in [1.165, 1.54) is 0 Å². The molecule has 2 heterocycles. The Kier molecular flexibility index (Phi) is 6.47. The number of hydrogen-bond acceptors (Lipinski definition) is 4. The smallest absolute Gasteiger partial charge is 0.410 e. The van der Waals surface area contributed by atoms with Gasteiger partial charge in [0, 0.05) is 12.0 Å². The molecule has 2 fully saturated rings. The van der Waals surface area contributed by atoms with Crippen molar-refractivity contribution in [1.82, 2.24) is 4.90 Å². The standard InChI is InChI=1S/C21H27NO4/c1-16-19-15-26-21(24)22(19)18(11-7-2-3-8-12-23)13-20(16)25-14-17-9-5-4-6-10-17/h2-10,16,18-20,23H,11-15H2,1H3/b7-2+,8-3+/t16-,18+,19-,20+/m1/s1. The van der Waals surface area contributed by atoms with Gasteiger partial charge in [-0.1, -0.05) is 61.6 Å². The Bertz CT molecular complexity index is 643. The van der Waals surface area contributed by atoms with Crippen LogP contribution in [0.15, 0.2) is 54.6 Å². The summed E-state index contributed by atoms with van der Waals surface area (Å²) in [4.78, 5) is 14.1. The maximum atomic E-state index is 12.2. The normalized spacial score (nSPS) is 28.7. The molecular weight excluding hydrogens is 330 g/mol. The summed E-state index contributed by atoms with van der Waals surface area (Å²) in [5, 5.41) is 8.78. The second-order valence-electron chi connectivity index (χ2n) is 6.91. The van der Waals surface area contributed by atoms with E-state index in [2.05, 4.69) is 19.1 Å². The van der Waals surface area contributed by atoms with Gasteiger partial charge in [0.2, 0.25) is 0 Å². The molecule has 5 nitrogen and oxygen atoms in total. The van der Waals surface area contributed by atoms with Crippen molar-refractivity contribution < 1.29 is 19.4 Å². The first-order valence-corrected chi connectivity index (χ1v) is 9.24. The third kappa shape index (κ3) is 4.34. The molecule has 1 aromatic carbocycles. The van der Waals surface area contributed by atoms with Gasteiger partial charge in [-0.15, -0.1) is 0 Å². The zero-order chi connectivity index (χ0) is 18.4. The summed E-state index contributed by atoms with van der Waals surface area (Å²) in [5.41, 5.74) is 1.16. The fraction of sp³-hybridized carbons (Fsp3) is 0.476. The number of hydrogen-bond donors (Lipinski definition) is 1. The molecule has 0 radical (unpaired) electrons. The number of ether oxygens (including phenoxy) is 2. The van der Waals surface area contributed by atoms with Crippen molar-refractivity contribution >= 4 is 6.09 Å². The van der Waals surface area contributed by atoms with Crippen LogP contribution in [0.5, 0.6) is 0 Å². The summed E-state index contributed by atoms with van der Waals surface area (Å²) in [6, 6.07) is 10.3. The molecule has 0 spiro atoms. The first-order chi connectivity index (χ1) is 12.7. The SMILES string of the molecule is C[C@H]1[C@@H](OCc2ccccc2)C[C@H](C/C=C/C=C/CO)N2C(=O)OC[C@H]12. The van der Waals surface area contributed by atoms with Gasteiger partial charge in [0.1, 0.15) is 6.61 Å². The first-order valence-electron chi connectivity index (χ1n) is 9.24. The molecule has 5 heteroatoms. The lowest BCUT2D eigenvalue weighted by Crippen LogP contribution is -2.54. The van der Waals surface area contributed by atoms with E-state index in [9.17, 15) is 4.79 Å². The number of allylic oxidation sites excluding steroid dienone is 2. The van der Waals surface area contributed by atoms with Crippen LogP contribution in [0.2, 0.25) is 0 Å². The number of benzene rings is 1. The van der Waals surface area contributed by atoms with Crippen LogP contribution in [-0.2, 0) is 16.1 Å². The molecule has 0 aliphatic carbocycles. The van der Waals surface area contributed by atoms with E-state index in [1.54, 1.807) is 6.08 Å². The molecule has 4 atom stereocenters. The van der Waals surface area contributed by atoms with Gasteiger partial charge in [0.25, 0.3) is 0 Å². The Hall–Kier alpha value is -2.11. The van der Waals surface area contributed by atoms with Crippen molar-refractivity contribution in [3.63, 3.8) is 0 Å². The number of cyclic esters (lactones) is 1. The summed E-state index contributed by atoms with van der Waals surface area (Å²) < 4.78 is 11.6. The van der Waals surface area contributed by atoms with Crippen molar-refractivity contribution in [1.29, 1.82) is 0 Å². The van der Waals surface area contributed by atoms with E-state index in [0.29, 0.717) is 13.2 Å². The lowest BCUT2D eigenvalue weighted by Gasteiger charge is -2.43. The lowest BCUT2D eigenvalue weighted by molar-refractivity contribution is -0.0617. The molecule has 2 saturated heterocycles. The van der Waals surface area contributed by atoms with Crippen molar-refractivity contribution in [3.05, 3.63) is 60.2 Å². The first kappa shape index (κ1) is 18.7. The van der Waals surface area contributed by atoms with Gasteiger partial charge < -0.3 is 14.6 Å². The summed E-state index contributed by atoms with van der Waals surface area (Å²) in [6.45, 7) is 3.20. The van der Waals surface area contributed by atoms with E-state index >= 15 is 0 Å². The average molecular weight is 357 g/mol. The van der Waals surface area contributed by atoms with Crippen LogP contribution < -0.4 is 0 Å². The number of aliphatic hydroxyl groups is 1. The Balaban J connectivity index is 1.65. The van der Waals surface area contributed by atoms with Crippen LogP contribution >= 0.6 is 0 Å². The maximum Gasteiger partial charge on any atom is 0.410 e. The van der Waals surface area contributed by atoms with Crippen LogP contribution in [0.4, 0.5) is 4.79 Å². The van der Waals surface area contributed by atoms with Gasteiger partial charge in [0.15, 0.2) is 0 Å². The average Bonchev–Trinajstić information content (AvgIpc) is 3.05. The molecule has 140 valence electrons. The Labute approximate surface area is 154 Å². The summed E-state index contributed by atoms with van der Waals surface area (Å²) in [5.74, 6) is 0.236. The molecule has 2 aliphatic heterocycles. The maximum absolute atomic E-state index is 12.2. The molecule has 3 rings (SSSR count). The highest BCUT2D eigenvalue weighted by molar-refractivity contribution is 5.71. The molecule has 0 unspecified atom stereocenters. The van der Waals surface area contributed by atoms with Crippen LogP contribution in [0.25, 0.3) is 0 Å². The van der Waals surface area contributed by atoms with Crippen molar-refractivity contribution in [2.75, 3.05) is 13.2 Å². The van der Waals surface area contributed by atoms with Gasteiger partial charge in [-0.25, -0.2) is 4.79 Å². The lowest BCUT2D eigenvalue weighted by atomic mass is 9.84. The van der Waals surface area contributed by atoms with Crippen LogP contribution in [-0.4, -0.2) is 47.5 Å². The summed E-state index contributed by atoms with van der Waals surface area (Å²) >= 11 is 0. The predicted molar refractivity (Wildman–Crippen MR) is 99.5 cm³/mol. The molecule has 1 aromatic rings. The highest BCUT2D eigenvalue weighted by Gasteiger charge is 2.48. The Morgan fingerprint density at radius 1 is 1.27 bits per heavy atom. The molecule has 0 saturated carbocycles. The molecule has 0 aromatic heterocycles. The van der Waals surface area contributed by atoms with Gasteiger partial charge >= 0.3 is 6.09 Å². The minimum Gasteiger partial charge on any atom is -0.447 e. The number of piperidine rings is 1. The minimum absolute atomic E-state index is 0.0290. The van der Waals surface area contributed by atoms with E-state index in [4.69, 9.17) is 14.6 Å². The van der Waals surface area contributed by atoms with Gasteiger partial charge in [0.05, 0.1) is 25.4 Å². The Morgan fingerprint density at radius 3 is 2.81 bits per heavy atom. The number of fused-ring (bicyclic) bond motifs is 1. The second kappa shape index (κ2) is 9.01. The fourth-order valence-electron chi connectivity index (χ4n) is 3.78. The van der Waals surface area contributed by atoms with Crippen LogP contribution in [0.1, 0.15) is 25.3 Å². The number of carbonyl (C=O) groups is 1. The van der Waals surface area contributed by atoms with Gasteiger partial charge in [-0.2, -0.15) is 0 Å². The van der Waals surface area contributed by atoms with Gasteiger partial charge in [-0.05, 0) is 18.4 Å². The fourth-order valence-corrected chi connectivity index (χ4v) is 3.78. The molecule has 1 amide bonds. The molecule has 0 bridgehead atoms. The highest BCUT2D eigenvalue weighted by atomic mass is 16.6. The molecular formula is C21H27NO4. The highest BCUT2D eigenvalue weighted by Crippen LogP contribution is 2.36. The topological polar surface area (TPSA) is 59.0 Å². The zero-order valence-electron chi connectivity index (χ0n) is 15.2. The van der Waals surface area contributed by atoms with Gasteiger partial charge in [-0.3, -0.25) is 4.90 Å². The third-order valence-corrected chi connectivity index (χ3v) is 5.24. The summed E-state index contributed by atoms with van der Waals surface area (Å²) in [7, 11) is 0. The van der Waals surface area contributed by atoms with E-state index in [-0.39, 0.29) is 36.8 Å². The quantitative estimate of drug-likeness (QED) is 0.761. The number of amides is 1. The van der Waals surface area contributed by atoms with Crippen molar-refractivity contribution in [2.45, 2.75) is 44.6 Å². The number of nitrogens with zero attached hydrogens (tertiary/aromatic N) is 1. The van der Waals surface area contributed by atoms with Crippen LogP contribution in [0, 0.1) is 5.92 Å². The van der Waals surface area contributed by atoms with E-state index in [0.717, 1.165) is 18.4 Å². The number of aliphatic hydroxyl groups excluding tert-OH is 1. The largest absolute Gasteiger partial charge is 0.447 e. The molecule has 2 aliphatic rings. The molecule has 26 heavy (non-hydrogen) atoms. The zero-order valence-corrected chi connectivity index (χ0v) is 15.2. The van der Waals surface area contributed by atoms with E-state index < -0.39 is 0 Å². The minimum atomic E-state index is -0.215. The summed E-state index contributed by atoms with van der Waals surface area (Å²) in [6.07, 6.45) is 8.86. The monoisotopic (exact) mass is 357 g/mol. The van der Waals surface area contributed by atoms with Crippen LogP contribution in [0.3, 0.4) is 0 Å². The molecule has 1 N–H and O–H groups in total. The Morgan fingerprint density at radius 2 is 2.04 bits per heavy atom. The predicted octanol–water partition coefficient (Wildman–Crippen LogP) is 3.30. The second-order valence-corrected chi connectivity index (χ2v) is 6.91. The van der Waals surface area contributed by atoms with Crippen molar-refractivity contribution in [2.24, 2.45) is 5.92 Å². The number of rotatable bonds is 7.